The van der Waals surface area contributed by atoms with E-state index in [1.165, 1.54) is 5.06 Å². The van der Waals surface area contributed by atoms with Crippen molar-refractivity contribution in [2.75, 3.05) is 20.1 Å². The molecule has 2 N–H and O–H groups in total. The van der Waals surface area contributed by atoms with Crippen LogP contribution in [0.5, 0.6) is 0 Å². The summed E-state index contributed by atoms with van der Waals surface area (Å²) in [6, 6.07) is 9.86. The third kappa shape index (κ3) is 3.71. The van der Waals surface area contributed by atoms with Gasteiger partial charge in [0, 0.05) is 6.54 Å². The molecule has 0 aromatic heterocycles. The first-order chi connectivity index (χ1) is 10.6. The zero-order valence-electron chi connectivity index (χ0n) is 14.2. The SMILES string of the molecule is CN(Cc1ccccc1)C1(C(N)=O)CN(OC(=O)C(C)(C)C)C1. The number of rotatable bonds is 5. The van der Waals surface area contributed by atoms with Crippen LogP contribution in [-0.4, -0.2) is 47.5 Å². The molecule has 6 heteroatoms. The summed E-state index contributed by atoms with van der Waals surface area (Å²) in [4.78, 5) is 31.1. The highest BCUT2D eigenvalue weighted by molar-refractivity contribution is 5.86. The van der Waals surface area contributed by atoms with E-state index < -0.39 is 16.9 Å². The van der Waals surface area contributed by atoms with Gasteiger partial charge < -0.3 is 10.6 Å². The number of carbonyl (C=O) groups excluding carboxylic acids is 2. The summed E-state index contributed by atoms with van der Waals surface area (Å²) in [5.74, 6) is -0.722. The molecule has 1 saturated heterocycles. The van der Waals surface area contributed by atoms with E-state index >= 15 is 0 Å². The largest absolute Gasteiger partial charge is 0.368 e. The van der Waals surface area contributed by atoms with Crippen LogP contribution >= 0.6 is 0 Å². The Hall–Kier alpha value is -1.92. The minimum absolute atomic E-state index is 0.285. The lowest BCUT2D eigenvalue weighted by atomic mass is 9.88. The van der Waals surface area contributed by atoms with E-state index in [4.69, 9.17) is 10.6 Å². The Morgan fingerprint density at radius 2 is 1.83 bits per heavy atom. The van der Waals surface area contributed by atoms with E-state index in [1.54, 1.807) is 20.8 Å². The van der Waals surface area contributed by atoms with Gasteiger partial charge in [-0.3, -0.25) is 9.69 Å². The van der Waals surface area contributed by atoms with Gasteiger partial charge in [-0.05, 0) is 33.4 Å². The second-order valence-electron chi connectivity index (χ2n) is 7.16. The molecule has 23 heavy (non-hydrogen) atoms. The maximum atomic E-state index is 12.0. The number of carbonyl (C=O) groups is 2. The van der Waals surface area contributed by atoms with Gasteiger partial charge in [-0.1, -0.05) is 30.3 Å². The van der Waals surface area contributed by atoms with Gasteiger partial charge in [0.1, 0.15) is 5.54 Å². The lowest BCUT2D eigenvalue weighted by Gasteiger charge is -2.51. The van der Waals surface area contributed by atoms with Crippen molar-refractivity contribution in [2.24, 2.45) is 11.1 Å². The third-order valence-corrected chi connectivity index (χ3v) is 4.15. The van der Waals surface area contributed by atoms with Crippen LogP contribution in [0.15, 0.2) is 30.3 Å². The lowest BCUT2D eigenvalue weighted by Crippen LogP contribution is -2.74. The van der Waals surface area contributed by atoms with Gasteiger partial charge >= 0.3 is 5.97 Å². The van der Waals surface area contributed by atoms with Gasteiger partial charge in [-0.2, -0.15) is 0 Å². The molecule has 1 aliphatic rings. The molecule has 0 atom stereocenters. The molecule has 0 radical (unpaired) electrons. The molecular formula is C17H25N3O3. The number of hydroxylamine groups is 2. The number of likely N-dealkylation sites (N-methyl/N-ethyl adjacent to an activating group) is 1. The van der Waals surface area contributed by atoms with E-state index in [9.17, 15) is 9.59 Å². The first-order valence-electron chi connectivity index (χ1n) is 7.67. The zero-order chi connectivity index (χ0) is 17.3. The van der Waals surface area contributed by atoms with Gasteiger partial charge in [-0.15, -0.1) is 5.06 Å². The average molecular weight is 319 g/mol. The van der Waals surface area contributed by atoms with Gasteiger partial charge in [-0.25, -0.2) is 4.79 Å². The fourth-order valence-corrected chi connectivity index (χ4v) is 2.45. The fraction of sp³-hybridized carbons (Fsp3) is 0.529. The van der Waals surface area contributed by atoms with Crippen molar-refractivity contribution in [3.63, 3.8) is 0 Å². The van der Waals surface area contributed by atoms with E-state index in [2.05, 4.69) is 0 Å². The molecule has 2 rings (SSSR count). The maximum absolute atomic E-state index is 12.0. The Morgan fingerprint density at radius 3 is 2.30 bits per heavy atom. The summed E-state index contributed by atoms with van der Waals surface area (Å²) >= 11 is 0. The average Bonchev–Trinajstić information content (AvgIpc) is 2.41. The molecule has 1 aromatic carbocycles. The Balaban J connectivity index is 2.00. The number of amides is 1. The summed E-state index contributed by atoms with van der Waals surface area (Å²) in [6.45, 7) is 6.54. The van der Waals surface area contributed by atoms with Crippen molar-refractivity contribution in [1.29, 1.82) is 0 Å². The number of benzene rings is 1. The molecule has 126 valence electrons. The molecule has 1 heterocycles. The van der Waals surface area contributed by atoms with E-state index in [0.29, 0.717) is 6.54 Å². The van der Waals surface area contributed by atoms with Gasteiger partial charge in [0.25, 0.3) is 0 Å². The predicted molar refractivity (Wildman–Crippen MR) is 87.0 cm³/mol. The van der Waals surface area contributed by atoms with Crippen molar-refractivity contribution < 1.29 is 14.4 Å². The molecular weight excluding hydrogens is 294 g/mol. The van der Waals surface area contributed by atoms with E-state index in [1.807, 2.05) is 42.3 Å². The Labute approximate surface area is 137 Å². The third-order valence-electron chi connectivity index (χ3n) is 4.15. The standard InChI is InChI=1S/C17H25N3O3/c1-16(2,3)15(22)23-20-11-17(12-20,14(18)21)19(4)10-13-8-6-5-7-9-13/h5-9H,10-12H2,1-4H3,(H2,18,21). The minimum atomic E-state index is -0.812. The zero-order valence-corrected chi connectivity index (χ0v) is 14.2. The maximum Gasteiger partial charge on any atom is 0.330 e. The van der Waals surface area contributed by atoms with Crippen molar-refractivity contribution in [3.05, 3.63) is 35.9 Å². The van der Waals surface area contributed by atoms with Crippen molar-refractivity contribution in [2.45, 2.75) is 32.9 Å². The summed E-state index contributed by atoms with van der Waals surface area (Å²) in [6.07, 6.45) is 0. The summed E-state index contributed by atoms with van der Waals surface area (Å²) in [7, 11) is 1.86. The molecule has 0 aliphatic carbocycles. The Morgan fingerprint density at radius 1 is 1.26 bits per heavy atom. The summed E-state index contributed by atoms with van der Waals surface area (Å²) in [5.41, 5.74) is 5.32. The molecule has 1 aliphatic heterocycles. The minimum Gasteiger partial charge on any atom is -0.368 e. The summed E-state index contributed by atoms with van der Waals surface area (Å²) in [5, 5.41) is 1.50. The highest BCUT2D eigenvalue weighted by Gasteiger charge is 2.53. The molecule has 0 bridgehead atoms. The van der Waals surface area contributed by atoms with Crippen LogP contribution in [0.4, 0.5) is 0 Å². The highest BCUT2D eigenvalue weighted by Crippen LogP contribution is 2.30. The van der Waals surface area contributed by atoms with Crippen molar-refractivity contribution in [3.8, 4) is 0 Å². The van der Waals surface area contributed by atoms with Crippen LogP contribution in [0.3, 0.4) is 0 Å². The molecule has 1 amide bonds. The number of hydrogen-bond donors (Lipinski definition) is 1. The van der Waals surface area contributed by atoms with Gasteiger partial charge in [0.15, 0.2) is 0 Å². The molecule has 6 nitrogen and oxygen atoms in total. The molecule has 1 aromatic rings. The van der Waals surface area contributed by atoms with Crippen LogP contribution < -0.4 is 5.73 Å². The molecule has 0 saturated carbocycles. The van der Waals surface area contributed by atoms with E-state index in [0.717, 1.165) is 5.56 Å². The Kier molecular flexibility index (Phi) is 4.77. The number of nitrogens with zero attached hydrogens (tertiary/aromatic N) is 2. The second-order valence-corrected chi connectivity index (χ2v) is 7.16. The molecule has 1 fully saturated rings. The topological polar surface area (TPSA) is 75.9 Å². The van der Waals surface area contributed by atoms with Gasteiger partial charge in [0.2, 0.25) is 5.91 Å². The number of hydrogen-bond acceptors (Lipinski definition) is 5. The first-order valence-corrected chi connectivity index (χ1v) is 7.67. The predicted octanol–water partition coefficient (Wildman–Crippen LogP) is 1.16. The number of primary amides is 1. The second kappa shape index (κ2) is 6.29. The fourth-order valence-electron chi connectivity index (χ4n) is 2.45. The normalized spacial score (nSPS) is 17.6. The van der Waals surface area contributed by atoms with Gasteiger partial charge in [0.05, 0.1) is 18.5 Å². The first kappa shape index (κ1) is 17.4. The van der Waals surface area contributed by atoms with E-state index in [-0.39, 0.29) is 19.1 Å². The highest BCUT2D eigenvalue weighted by atomic mass is 16.7. The lowest BCUT2D eigenvalue weighted by molar-refractivity contribution is -0.247. The van der Waals surface area contributed by atoms with Crippen LogP contribution in [0.2, 0.25) is 0 Å². The van der Waals surface area contributed by atoms with Crippen LogP contribution in [0, 0.1) is 5.41 Å². The Bertz CT molecular complexity index is 574. The van der Waals surface area contributed by atoms with Crippen LogP contribution in [0.1, 0.15) is 26.3 Å². The monoisotopic (exact) mass is 319 g/mol. The quantitative estimate of drug-likeness (QED) is 0.881. The van der Waals surface area contributed by atoms with Crippen LogP contribution in [-0.2, 0) is 21.0 Å². The van der Waals surface area contributed by atoms with Crippen LogP contribution in [0.25, 0.3) is 0 Å². The number of nitrogens with two attached hydrogens (primary N) is 1. The molecule has 0 spiro atoms. The van der Waals surface area contributed by atoms with Crippen molar-refractivity contribution >= 4 is 11.9 Å². The van der Waals surface area contributed by atoms with Crippen molar-refractivity contribution in [1.82, 2.24) is 9.96 Å². The smallest absolute Gasteiger partial charge is 0.330 e. The molecule has 0 unspecified atom stereocenters. The summed E-state index contributed by atoms with van der Waals surface area (Å²) < 4.78 is 0.